The van der Waals surface area contributed by atoms with Crippen molar-refractivity contribution < 1.29 is 4.42 Å². The van der Waals surface area contributed by atoms with Crippen LogP contribution in [0.1, 0.15) is 0 Å². The molecule has 16 heavy (non-hydrogen) atoms. The largest absolute Gasteiger partial charge is 0.441 e. The van der Waals surface area contributed by atoms with Gasteiger partial charge in [0.25, 0.3) is 0 Å². The summed E-state index contributed by atoms with van der Waals surface area (Å²) in [6, 6.07) is 6.83. The Hall–Kier alpha value is -2.08. The van der Waals surface area contributed by atoms with Gasteiger partial charge in [0.15, 0.2) is 5.82 Å². The Morgan fingerprint density at radius 3 is 2.44 bits per heavy atom. The Labute approximate surface area is 95.4 Å². The van der Waals surface area contributed by atoms with Crippen molar-refractivity contribution in [2.45, 2.75) is 0 Å². The minimum Gasteiger partial charge on any atom is -0.388 e. The van der Waals surface area contributed by atoms with Gasteiger partial charge >= 0.3 is 5.76 Å². The number of nitrogens with zero attached hydrogens (tertiary/aromatic N) is 1. The summed E-state index contributed by atoms with van der Waals surface area (Å²) < 4.78 is 5.41. The molecule has 0 atom stereocenters. The van der Waals surface area contributed by atoms with Gasteiger partial charge < -0.3 is 21.3 Å². The molecule has 0 spiro atoms. The van der Waals surface area contributed by atoms with Gasteiger partial charge in [-0.15, -0.1) is 0 Å². The predicted molar refractivity (Wildman–Crippen MR) is 62.3 cm³/mol. The molecule has 1 aromatic carbocycles. The van der Waals surface area contributed by atoms with Crippen molar-refractivity contribution in [3.63, 3.8) is 0 Å². The van der Waals surface area contributed by atoms with Crippen molar-refractivity contribution in [3.05, 3.63) is 39.8 Å². The second-order valence-electron chi connectivity index (χ2n) is 3.08. The average molecular weight is 241 g/mol. The zero-order valence-corrected chi connectivity index (χ0v) is 8.86. The summed E-state index contributed by atoms with van der Waals surface area (Å²) in [6.07, 6.45) is 0. The van der Waals surface area contributed by atoms with Gasteiger partial charge in [0, 0.05) is 10.7 Å². The molecule has 6 nitrogen and oxygen atoms in total. The molecule has 0 bridgehead atoms. The summed E-state index contributed by atoms with van der Waals surface area (Å²) in [5, 5.41) is 3.46. The van der Waals surface area contributed by atoms with E-state index < -0.39 is 5.76 Å². The van der Waals surface area contributed by atoms with Gasteiger partial charge in [-0.25, -0.2) is 4.79 Å². The van der Waals surface area contributed by atoms with Crippen LogP contribution in [0.4, 0.5) is 17.4 Å². The predicted octanol–water partition coefficient (Wildman–Crippen LogP) is 1.13. The highest BCUT2D eigenvalue weighted by Gasteiger charge is 2.11. The van der Waals surface area contributed by atoms with Crippen LogP contribution in [0.2, 0.25) is 5.02 Å². The average Bonchev–Trinajstić information content (AvgIpc) is 2.48. The van der Waals surface area contributed by atoms with Crippen LogP contribution in [-0.4, -0.2) is 4.68 Å². The van der Waals surface area contributed by atoms with Crippen LogP contribution >= 0.6 is 11.6 Å². The molecule has 0 fully saturated rings. The number of halogens is 1. The SMILES string of the molecule is Nc1oc(=O)n(N)c1Nc1ccc(Cl)cc1. The van der Waals surface area contributed by atoms with Crippen LogP contribution in [0.5, 0.6) is 0 Å². The molecule has 0 aliphatic heterocycles. The topological polar surface area (TPSA) is 99.2 Å². The van der Waals surface area contributed by atoms with E-state index in [9.17, 15) is 4.79 Å². The summed E-state index contributed by atoms with van der Waals surface area (Å²) >= 11 is 5.73. The number of aromatic nitrogens is 1. The number of anilines is 3. The van der Waals surface area contributed by atoms with E-state index in [1.165, 1.54) is 0 Å². The molecule has 0 aliphatic carbocycles. The van der Waals surface area contributed by atoms with Gasteiger partial charge in [0.2, 0.25) is 5.88 Å². The lowest BCUT2D eigenvalue weighted by atomic mass is 10.3. The summed E-state index contributed by atoms with van der Waals surface area (Å²) in [5.41, 5.74) is 6.15. The first-order valence-electron chi connectivity index (χ1n) is 4.37. The molecule has 0 amide bonds. The van der Waals surface area contributed by atoms with E-state index in [4.69, 9.17) is 23.2 Å². The lowest BCUT2D eigenvalue weighted by molar-refractivity contribution is 0.516. The number of hydrogen-bond acceptors (Lipinski definition) is 5. The van der Waals surface area contributed by atoms with E-state index in [1.54, 1.807) is 24.3 Å². The zero-order chi connectivity index (χ0) is 11.7. The minimum absolute atomic E-state index is 0.0672. The van der Waals surface area contributed by atoms with Crippen LogP contribution in [0.3, 0.4) is 0 Å². The number of rotatable bonds is 2. The molecule has 0 saturated carbocycles. The van der Waals surface area contributed by atoms with E-state index in [-0.39, 0.29) is 11.7 Å². The van der Waals surface area contributed by atoms with E-state index in [0.717, 1.165) is 4.68 Å². The van der Waals surface area contributed by atoms with E-state index >= 15 is 0 Å². The molecule has 2 rings (SSSR count). The number of nitrogen functional groups attached to an aromatic ring is 2. The third-order valence-electron chi connectivity index (χ3n) is 1.98. The Kier molecular flexibility index (Phi) is 2.49. The fourth-order valence-electron chi connectivity index (χ4n) is 1.19. The van der Waals surface area contributed by atoms with E-state index in [2.05, 4.69) is 9.73 Å². The lowest BCUT2D eigenvalue weighted by Crippen LogP contribution is -2.23. The highest BCUT2D eigenvalue weighted by molar-refractivity contribution is 6.30. The monoisotopic (exact) mass is 240 g/mol. The first-order chi connectivity index (χ1) is 7.58. The molecule has 7 heteroatoms. The van der Waals surface area contributed by atoms with Gasteiger partial charge in [0.05, 0.1) is 0 Å². The smallest absolute Gasteiger partial charge is 0.388 e. The summed E-state index contributed by atoms with van der Waals surface area (Å²) in [4.78, 5) is 11.0. The standard InChI is InChI=1S/C9H9ClN4O2/c10-5-1-3-6(4-2-5)13-8-7(11)16-9(15)14(8)12/h1-4,13H,11-12H2. The molecule has 0 saturated heterocycles. The van der Waals surface area contributed by atoms with Crippen LogP contribution in [0.15, 0.2) is 33.5 Å². The second-order valence-corrected chi connectivity index (χ2v) is 3.52. The van der Waals surface area contributed by atoms with Gasteiger partial charge in [-0.05, 0) is 24.3 Å². The third-order valence-corrected chi connectivity index (χ3v) is 2.23. The van der Waals surface area contributed by atoms with Gasteiger partial charge in [-0.1, -0.05) is 11.6 Å². The zero-order valence-electron chi connectivity index (χ0n) is 8.11. The van der Waals surface area contributed by atoms with E-state index in [0.29, 0.717) is 10.7 Å². The number of nitrogens with one attached hydrogen (secondary N) is 1. The molecule has 1 heterocycles. The number of benzene rings is 1. The number of oxazole rings is 1. The molecule has 0 unspecified atom stereocenters. The molecule has 84 valence electrons. The Balaban J connectivity index is 2.34. The number of hydrogen-bond donors (Lipinski definition) is 3. The quantitative estimate of drug-likeness (QED) is 0.684. The molecule has 2 aromatic rings. The van der Waals surface area contributed by atoms with E-state index in [1.807, 2.05) is 0 Å². The van der Waals surface area contributed by atoms with Gasteiger partial charge in [0.1, 0.15) is 0 Å². The van der Waals surface area contributed by atoms with Gasteiger partial charge in [-0.2, -0.15) is 4.68 Å². The summed E-state index contributed by atoms with van der Waals surface area (Å²) in [5.74, 6) is 4.83. The van der Waals surface area contributed by atoms with Crippen LogP contribution in [0, 0.1) is 0 Å². The van der Waals surface area contributed by atoms with Crippen LogP contribution in [-0.2, 0) is 0 Å². The Morgan fingerprint density at radius 1 is 1.31 bits per heavy atom. The normalized spacial score (nSPS) is 10.3. The van der Waals surface area contributed by atoms with Crippen molar-refractivity contribution in [1.82, 2.24) is 4.68 Å². The van der Waals surface area contributed by atoms with Crippen LogP contribution in [0.25, 0.3) is 0 Å². The second kappa shape index (κ2) is 3.82. The Bertz CT molecular complexity index is 558. The first kappa shape index (κ1) is 10.4. The van der Waals surface area contributed by atoms with Crippen molar-refractivity contribution in [2.24, 2.45) is 0 Å². The van der Waals surface area contributed by atoms with Gasteiger partial charge in [-0.3, -0.25) is 0 Å². The van der Waals surface area contributed by atoms with Crippen molar-refractivity contribution in [1.29, 1.82) is 0 Å². The molecule has 0 radical (unpaired) electrons. The molecule has 5 N–H and O–H groups in total. The van der Waals surface area contributed by atoms with Crippen molar-refractivity contribution >= 4 is 29.0 Å². The molecular formula is C9H9ClN4O2. The van der Waals surface area contributed by atoms with Crippen molar-refractivity contribution in [2.75, 3.05) is 16.9 Å². The fraction of sp³-hybridized carbons (Fsp3) is 0. The number of nitrogens with two attached hydrogens (primary N) is 2. The maximum absolute atomic E-state index is 11.0. The lowest BCUT2D eigenvalue weighted by Gasteiger charge is -2.05. The maximum Gasteiger partial charge on any atom is 0.441 e. The maximum atomic E-state index is 11.0. The molecular weight excluding hydrogens is 232 g/mol. The highest BCUT2D eigenvalue weighted by atomic mass is 35.5. The molecule has 1 aromatic heterocycles. The van der Waals surface area contributed by atoms with Crippen molar-refractivity contribution in [3.8, 4) is 0 Å². The fourth-order valence-corrected chi connectivity index (χ4v) is 1.32. The minimum atomic E-state index is -0.728. The summed E-state index contributed by atoms with van der Waals surface area (Å²) in [6.45, 7) is 0. The Morgan fingerprint density at radius 2 is 1.94 bits per heavy atom. The first-order valence-corrected chi connectivity index (χ1v) is 4.74. The summed E-state index contributed by atoms with van der Waals surface area (Å²) in [7, 11) is 0. The van der Waals surface area contributed by atoms with Crippen LogP contribution < -0.4 is 22.6 Å². The highest BCUT2D eigenvalue weighted by Crippen LogP contribution is 2.21. The third kappa shape index (κ3) is 1.82. The molecule has 0 aliphatic rings.